The first-order valence-corrected chi connectivity index (χ1v) is 9.13. The average Bonchev–Trinajstić information content (AvgIpc) is 2.67. The quantitative estimate of drug-likeness (QED) is 0.791. The minimum Gasteiger partial charge on any atom is -0.459 e. The fourth-order valence-electron chi connectivity index (χ4n) is 3.49. The van der Waals surface area contributed by atoms with Crippen molar-refractivity contribution < 1.29 is 14.6 Å². The van der Waals surface area contributed by atoms with Crippen molar-refractivity contribution in [3.8, 4) is 0 Å². The lowest BCUT2D eigenvalue weighted by Gasteiger charge is -2.26. The van der Waals surface area contributed by atoms with Crippen LogP contribution in [0.3, 0.4) is 0 Å². The molecule has 3 rings (SSSR count). The largest absolute Gasteiger partial charge is 0.459 e. The third-order valence-corrected chi connectivity index (χ3v) is 5.19. The summed E-state index contributed by atoms with van der Waals surface area (Å²) in [6.45, 7) is 2.28. The number of ether oxygens (including phenoxy) is 1. The fourth-order valence-corrected chi connectivity index (χ4v) is 3.49. The van der Waals surface area contributed by atoms with Crippen LogP contribution in [0, 0.1) is 5.92 Å². The molecule has 2 aromatic rings. The van der Waals surface area contributed by atoms with Crippen LogP contribution in [-0.2, 0) is 4.74 Å². The molecule has 0 radical (unpaired) electrons. The Morgan fingerprint density at radius 1 is 1.04 bits per heavy atom. The van der Waals surface area contributed by atoms with Gasteiger partial charge in [-0.3, -0.25) is 0 Å². The van der Waals surface area contributed by atoms with Gasteiger partial charge in [-0.1, -0.05) is 62.2 Å². The monoisotopic (exact) mass is 338 g/mol. The highest BCUT2D eigenvalue weighted by Gasteiger charge is 2.20. The van der Waals surface area contributed by atoms with E-state index >= 15 is 0 Å². The minimum absolute atomic E-state index is 0.0366. The van der Waals surface area contributed by atoms with Crippen LogP contribution in [-0.4, -0.2) is 17.7 Å². The lowest BCUT2D eigenvalue weighted by Crippen LogP contribution is -2.13. The smallest absolute Gasteiger partial charge is 0.338 e. The Morgan fingerprint density at radius 2 is 1.68 bits per heavy atom. The molecule has 2 aromatic carbocycles. The van der Waals surface area contributed by atoms with Crippen LogP contribution in [0.15, 0.2) is 54.6 Å². The predicted octanol–water partition coefficient (Wildman–Crippen LogP) is 4.87. The molecule has 0 aliphatic heterocycles. The van der Waals surface area contributed by atoms with Crippen molar-refractivity contribution in [2.45, 2.75) is 44.6 Å². The summed E-state index contributed by atoms with van der Waals surface area (Å²) in [6.07, 6.45) is 4.23. The van der Waals surface area contributed by atoms with Gasteiger partial charge in [-0.15, -0.1) is 0 Å². The summed E-state index contributed by atoms with van der Waals surface area (Å²) >= 11 is 0. The van der Waals surface area contributed by atoms with Gasteiger partial charge in [0.25, 0.3) is 0 Å². The average molecular weight is 338 g/mol. The molecule has 3 nitrogen and oxygen atoms in total. The van der Waals surface area contributed by atoms with E-state index in [0.717, 1.165) is 11.5 Å². The van der Waals surface area contributed by atoms with E-state index in [-0.39, 0.29) is 6.61 Å². The van der Waals surface area contributed by atoms with Crippen molar-refractivity contribution >= 4 is 5.97 Å². The standard InChI is InChI=1S/C22H26O3/c1-16-7-9-17(10-8-16)18-11-13-20(14-12-18)22(24)25-15-21(23)19-5-3-2-4-6-19/h2-6,11-14,16-17,21,23H,7-10,15H2,1H3. The Hall–Kier alpha value is -2.13. The lowest BCUT2D eigenvalue weighted by atomic mass is 9.79. The highest BCUT2D eigenvalue weighted by atomic mass is 16.5. The normalized spacial score (nSPS) is 21.5. The number of benzene rings is 2. The molecule has 0 amide bonds. The maximum absolute atomic E-state index is 12.2. The van der Waals surface area contributed by atoms with E-state index in [1.54, 1.807) is 0 Å². The van der Waals surface area contributed by atoms with Crippen LogP contribution in [0.4, 0.5) is 0 Å². The van der Waals surface area contributed by atoms with Gasteiger partial charge >= 0.3 is 5.97 Å². The number of carbonyl (C=O) groups excluding carboxylic acids is 1. The van der Waals surface area contributed by atoms with Crippen LogP contribution < -0.4 is 0 Å². The van der Waals surface area contributed by atoms with Gasteiger partial charge in [0, 0.05) is 0 Å². The zero-order valence-electron chi connectivity index (χ0n) is 14.7. The molecule has 1 aliphatic rings. The molecule has 0 heterocycles. The number of hydrogen-bond acceptors (Lipinski definition) is 3. The van der Waals surface area contributed by atoms with Crippen molar-refractivity contribution in [1.82, 2.24) is 0 Å². The second kappa shape index (κ2) is 8.30. The molecule has 1 saturated carbocycles. The molecule has 1 unspecified atom stereocenters. The summed E-state index contributed by atoms with van der Waals surface area (Å²) < 4.78 is 5.25. The predicted molar refractivity (Wildman–Crippen MR) is 98.5 cm³/mol. The van der Waals surface area contributed by atoms with E-state index in [2.05, 4.69) is 6.92 Å². The van der Waals surface area contributed by atoms with E-state index in [4.69, 9.17) is 4.74 Å². The molecular formula is C22H26O3. The van der Waals surface area contributed by atoms with Crippen LogP contribution in [0.1, 0.15) is 66.1 Å². The number of carbonyl (C=O) groups is 1. The molecular weight excluding hydrogens is 312 g/mol. The van der Waals surface area contributed by atoms with Gasteiger partial charge in [0.2, 0.25) is 0 Å². The molecule has 3 heteroatoms. The maximum atomic E-state index is 12.2. The molecule has 0 aromatic heterocycles. The summed E-state index contributed by atoms with van der Waals surface area (Å²) in [5.41, 5.74) is 2.60. The van der Waals surface area contributed by atoms with Gasteiger partial charge in [0.1, 0.15) is 12.7 Å². The Bertz CT molecular complexity index is 670. The highest BCUT2D eigenvalue weighted by Crippen LogP contribution is 2.35. The molecule has 0 spiro atoms. The van der Waals surface area contributed by atoms with E-state index in [0.29, 0.717) is 11.5 Å². The molecule has 1 N–H and O–H groups in total. The Kier molecular flexibility index (Phi) is 5.87. The van der Waals surface area contributed by atoms with Crippen molar-refractivity contribution in [2.75, 3.05) is 6.61 Å². The van der Waals surface area contributed by atoms with Crippen molar-refractivity contribution in [3.63, 3.8) is 0 Å². The van der Waals surface area contributed by atoms with Gasteiger partial charge in [-0.05, 0) is 47.9 Å². The van der Waals surface area contributed by atoms with Crippen molar-refractivity contribution in [3.05, 3.63) is 71.3 Å². The van der Waals surface area contributed by atoms with Gasteiger partial charge in [0.15, 0.2) is 0 Å². The SMILES string of the molecule is CC1CCC(c2ccc(C(=O)OCC(O)c3ccccc3)cc2)CC1. The number of aliphatic hydroxyl groups is 1. The Labute approximate surface area is 149 Å². The van der Waals surface area contributed by atoms with Gasteiger partial charge in [0.05, 0.1) is 5.56 Å². The summed E-state index contributed by atoms with van der Waals surface area (Å²) in [5, 5.41) is 10.1. The van der Waals surface area contributed by atoms with Crippen molar-refractivity contribution in [2.24, 2.45) is 5.92 Å². The van der Waals surface area contributed by atoms with Crippen molar-refractivity contribution in [1.29, 1.82) is 0 Å². The maximum Gasteiger partial charge on any atom is 0.338 e. The molecule has 1 atom stereocenters. The third-order valence-electron chi connectivity index (χ3n) is 5.19. The topological polar surface area (TPSA) is 46.5 Å². The first-order chi connectivity index (χ1) is 12.1. The molecule has 0 saturated heterocycles. The molecule has 132 valence electrons. The van der Waals surface area contributed by atoms with Gasteiger partial charge in [-0.25, -0.2) is 4.79 Å². The highest BCUT2D eigenvalue weighted by molar-refractivity contribution is 5.89. The third kappa shape index (κ3) is 4.70. The van der Waals surface area contributed by atoms with Gasteiger partial charge in [-0.2, -0.15) is 0 Å². The van der Waals surface area contributed by atoms with Crippen LogP contribution >= 0.6 is 0 Å². The van der Waals surface area contributed by atoms with E-state index in [9.17, 15) is 9.90 Å². The second-order valence-electron chi connectivity index (χ2n) is 7.10. The minimum atomic E-state index is -0.798. The summed E-state index contributed by atoms with van der Waals surface area (Å²) in [5.74, 6) is 1.06. The molecule has 1 fully saturated rings. The fraction of sp³-hybridized carbons (Fsp3) is 0.409. The zero-order chi connectivity index (χ0) is 17.6. The number of hydrogen-bond donors (Lipinski definition) is 1. The van der Waals surface area contributed by atoms with E-state index < -0.39 is 12.1 Å². The van der Waals surface area contributed by atoms with E-state index in [1.807, 2.05) is 54.6 Å². The van der Waals surface area contributed by atoms with Crippen LogP contribution in [0.25, 0.3) is 0 Å². The Morgan fingerprint density at radius 3 is 2.32 bits per heavy atom. The lowest BCUT2D eigenvalue weighted by molar-refractivity contribution is 0.0254. The first kappa shape index (κ1) is 17.7. The summed E-state index contributed by atoms with van der Waals surface area (Å²) in [6, 6.07) is 17.0. The molecule has 0 bridgehead atoms. The summed E-state index contributed by atoms with van der Waals surface area (Å²) in [4.78, 5) is 12.2. The van der Waals surface area contributed by atoms with Gasteiger partial charge < -0.3 is 9.84 Å². The van der Waals surface area contributed by atoms with Crippen LogP contribution in [0.5, 0.6) is 0 Å². The summed E-state index contributed by atoms with van der Waals surface area (Å²) in [7, 11) is 0. The molecule has 1 aliphatic carbocycles. The molecule has 25 heavy (non-hydrogen) atoms. The second-order valence-corrected chi connectivity index (χ2v) is 7.10. The number of rotatable bonds is 5. The zero-order valence-corrected chi connectivity index (χ0v) is 14.7. The van der Waals surface area contributed by atoms with Crippen LogP contribution in [0.2, 0.25) is 0 Å². The Balaban J connectivity index is 1.54. The first-order valence-electron chi connectivity index (χ1n) is 9.13. The van der Waals surface area contributed by atoms with E-state index in [1.165, 1.54) is 31.2 Å². The number of esters is 1. The number of aliphatic hydroxyl groups excluding tert-OH is 1.